The van der Waals surface area contributed by atoms with Gasteiger partial charge in [-0.3, -0.25) is 9.78 Å². The van der Waals surface area contributed by atoms with E-state index in [-0.39, 0.29) is 5.91 Å². The number of aryl methyl sites for hydroxylation is 2. The molecule has 0 unspecified atom stereocenters. The molecule has 0 atom stereocenters. The summed E-state index contributed by atoms with van der Waals surface area (Å²) in [6, 6.07) is 16.0. The van der Waals surface area contributed by atoms with Crippen molar-refractivity contribution < 1.29 is 4.79 Å². The minimum atomic E-state index is -0.118. The molecule has 0 aliphatic carbocycles. The van der Waals surface area contributed by atoms with E-state index in [4.69, 9.17) is 0 Å². The molecule has 124 valence electrons. The van der Waals surface area contributed by atoms with Crippen molar-refractivity contribution in [3.8, 4) is 0 Å². The molecule has 0 spiro atoms. The number of nitrogens with zero attached hydrogens (tertiary/aromatic N) is 2. The largest absolute Gasteiger partial charge is 0.345 e. The van der Waals surface area contributed by atoms with Crippen LogP contribution in [-0.4, -0.2) is 15.9 Å². The van der Waals surface area contributed by atoms with E-state index in [0.717, 1.165) is 37.4 Å². The first kappa shape index (κ1) is 15.7. The third-order valence-corrected chi connectivity index (χ3v) is 5.18. The van der Waals surface area contributed by atoms with Gasteiger partial charge in [-0.1, -0.05) is 23.8 Å². The van der Waals surface area contributed by atoms with Gasteiger partial charge in [0.25, 0.3) is 5.91 Å². The molecule has 4 aromatic rings. The predicted octanol–water partition coefficient (Wildman–Crippen LogP) is 4.39. The predicted molar refractivity (Wildman–Crippen MR) is 102 cm³/mol. The smallest absolute Gasteiger partial charge is 0.253 e. The number of hydrogen-bond acceptors (Lipinski definition) is 4. The second kappa shape index (κ2) is 6.26. The first-order valence-corrected chi connectivity index (χ1v) is 8.92. The Morgan fingerprint density at radius 1 is 1.04 bits per heavy atom. The van der Waals surface area contributed by atoms with Crippen LogP contribution in [-0.2, 0) is 6.54 Å². The molecule has 0 bridgehead atoms. The van der Waals surface area contributed by atoms with Gasteiger partial charge < -0.3 is 5.32 Å². The number of amides is 1. The minimum absolute atomic E-state index is 0.118. The van der Waals surface area contributed by atoms with Gasteiger partial charge in [0.05, 0.1) is 33.5 Å². The average Bonchev–Trinajstić information content (AvgIpc) is 3.02. The van der Waals surface area contributed by atoms with Crippen LogP contribution in [0.5, 0.6) is 0 Å². The van der Waals surface area contributed by atoms with Crippen molar-refractivity contribution in [3.63, 3.8) is 0 Å². The summed E-state index contributed by atoms with van der Waals surface area (Å²) >= 11 is 1.60. The molecule has 2 heterocycles. The molecule has 4 rings (SSSR count). The van der Waals surface area contributed by atoms with Crippen molar-refractivity contribution in [2.24, 2.45) is 0 Å². The molecule has 0 saturated carbocycles. The molecule has 5 heteroatoms. The second-order valence-electron chi connectivity index (χ2n) is 6.08. The molecular weight excluding hydrogens is 330 g/mol. The van der Waals surface area contributed by atoms with Crippen LogP contribution in [0.4, 0.5) is 0 Å². The summed E-state index contributed by atoms with van der Waals surface area (Å²) in [6.45, 7) is 4.32. The standard InChI is InChI=1S/C20H17N3OS/c1-12-7-8-16-14(9-12)10-15(13(2)22-16)20(24)21-11-19-23-17-5-3-4-6-18(17)25-19/h3-10H,11H2,1-2H3,(H,21,24). The van der Waals surface area contributed by atoms with Crippen LogP contribution in [0.15, 0.2) is 48.5 Å². The average molecular weight is 347 g/mol. The van der Waals surface area contributed by atoms with Crippen molar-refractivity contribution in [1.82, 2.24) is 15.3 Å². The quantitative estimate of drug-likeness (QED) is 0.598. The van der Waals surface area contributed by atoms with Gasteiger partial charge in [-0.05, 0) is 44.2 Å². The van der Waals surface area contributed by atoms with E-state index in [1.165, 1.54) is 0 Å². The minimum Gasteiger partial charge on any atom is -0.345 e. The van der Waals surface area contributed by atoms with E-state index in [0.29, 0.717) is 12.1 Å². The summed E-state index contributed by atoms with van der Waals surface area (Å²) in [7, 11) is 0. The molecule has 2 aromatic carbocycles. The summed E-state index contributed by atoms with van der Waals surface area (Å²) in [5.74, 6) is -0.118. The number of carbonyl (C=O) groups is 1. The summed E-state index contributed by atoms with van der Waals surface area (Å²) in [5, 5.41) is 4.85. The van der Waals surface area contributed by atoms with Gasteiger partial charge in [-0.25, -0.2) is 4.98 Å². The molecule has 25 heavy (non-hydrogen) atoms. The first-order valence-electron chi connectivity index (χ1n) is 8.11. The number of rotatable bonds is 3. The molecule has 0 fully saturated rings. The summed E-state index contributed by atoms with van der Waals surface area (Å²) in [4.78, 5) is 21.7. The van der Waals surface area contributed by atoms with E-state index in [1.807, 2.05) is 62.4 Å². The monoisotopic (exact) mass is 347 g/mol. The molecule has 2 aromatic heterocycles. The number of thiazole rings is 1. The lowest BCUT2D eigenvalue weighted by molar-refractivity contribution is 0.0950. The lowest BCUT2D eigenvalue weighted by Gasteiger charge is -2.08. The van der Waals surface area contributed by atoms with E-state index in [9.17, 15) is 4.79 Å². The first-order chi connectivity index (χ1) is 12.1. The van der Waals surface area contributed by atoms with Gasteiger partial charge in [0, 0.05) is 5.39 Å². The van der Waals surface area contributed by atoms with E-state index in [1.54, 1.807) is 11.3 Å². The highest BCUT2D eigenvalue weighted by Gasteiger charge is 2.12. The fourth-order valence-electron chi connectivity index (χ4n) is 2.87. The fourth-order valence-corrected chi connectivity index (χ4v) is 3.78. The maximum atomic E-state index is 12.6. The maximum Gasteiger partial charge on any atom is 0.253 e. The lowest BCUT2D eigenvalue weighted by atomic mass is 10.1. The van der Waals surface area contributed by atoms with Crippen molar-refractivity contribution in [2.45, 2.75) is 20.4 Å². The van der Waals surface area contributed by atoms with Crippen LogP contribution >= 0.6 is 11.3 Å². The number of carbonyl (C=O) groups excluding carboxylic acids is 1. The van der Waals surface area contributed by atoms with E-state index in [2.05, 4.69) is 15.3 Å². The molecule has 0 saturated heterocycles. The highest BCUT2D eigenvalue weighted by molar-refractivity contribution is 7.18. The highest BCUT2D eigenvalue weighted by atomic mass is 32.1. The molecular formula is C20H17N3OS. The Bertz CT molecular complexity index is 1070. The third-order valence-electron chi connectivity index (χ3n) is 4.14. The number of benzene rings is 2. The van der Waals surface area contributed by atoms with Crippen molar-refractivity contribution >= 4 is 38.4 Å². The zero-order valence-corrected chi connectivity index (χ0v) is 14.9. The number of hydrogen-bond donors (Lipinski definition) is 1. The Hall–Kier alpha value is -2.79. The van der Waals surface area contributed by atoms with Gasteiger partial charge in [0.1, 0.15) is 5.01 Å². The number of nitrogens with one attached hydrogen (secondary N) is 1. The molecule has 0 aliphatic heterocycles. The van der Waals surface area contributed by atoms with Gasteiger partial charge in [0.2, 0.25) is 0 Å². The Balaban J connectivity index is 1.57. The fraction of sp³-hybridized carbons (Fsp3) is 0.150. The molecule has 4 nitrogen and oxygen atoms in total. The normalized spacial score (nSPS) is 11.1. The molecule has 1 amide bonds. The highest BCUT2D eigenvalue weighted by Crippen LogP contribution is 2.22. The molecule has 0 radical (unpaired) electrons. The van der Waals surface area contributed by atoms with Crippen LogP contribution in [0.2, 0.25) is 0 Å². The zero-order chi connectivity index (χ0) is 17.4. The Morgan fingerprint density at radius 2 is 1.88 bits per heavy atom. The van der Waals surface area contributed by atoms with E-state index < -0.39 is 0 Å². The zero-order valence-electron chi connectivity index (χ0n) is 14.0. The van der Waals surface area contributed by atoms with Crippen LogP contribution in [0.25, 0.3) is 21.1 Å². The summed E-state index contributed by atoms with van der Waals surface area (Å²) < 4.78 is 1.13. The van der Waals surface area contributed by atoms with Crippen LogP contribution in [0.3, 0.4) is 0 Å². The Morgan fingerprint density at radius 3 is 2.72 bits per heavy atom. The number of para-hydroxylation sites is 1. The third kappa shape index (κ3) is 3.10. The summed E-state index contributed by atoms with van der Waals surface area (Å²) in [6.07, 6.45) is 0. The van der Waals surface area contributed by atoms with Crippen molar-refractivity contribution in [2.75, 3.05) is 0 Å². The van der Waals surface area contributed by atoms with Gasteiger partial charge >= 0.3 is 0 Å². The number of fused-ring (bicyclic) bond motifs is 2. The van der Waals surface area contributed by atoms with Gasteiger partial charge in [-0.2, -0.15) is 0 Å². The van der Waals surface area contributed by atoms with Crippen LogP contribution in [0, 0.1) is 13.8 Å². The SMILES string of the molecule is Cc1ccc2nc(C)c(C(=O)NCc3nc4ccccc4s3)cc2c1. The topological polar surface area (TPSA) is 54.9 Å². The van der Waals surface area contributed by atoms with Gasteiger partial charge in [0.15, 0.2) is 0 Å². The second-order valence-corrected chi connectivity index (χ2v) is 7.19. The van der Waals surface area contributed by atoms with Crippen molar-refractivity contribution in [3.05, 3.63) is 70.4 Å². The number of aromatic nitrogens is 2. The Labute approximate surface area is 149 Å². The maximum absolute atomic E-state index is 12.6. The van der Waals surface area contributed by atoms with Gasteiger partial charge in [-0.15, -0.1) is 11.3 Å². The van der Waals surface area contributed by atoms with Crippen LogP contribution < -0.4 is 5.32 Å². The van der Waals surface area contributed by atoms with E-state index >= 15 is 0 Å². The Kier molecular flexibility index (Phi) is 3.93. The molecule has 1 N–H and O–H groups in total. The van der Waals surface area contributed by atoms with Crippen LogP contribution in [0.1, 0.15) is 26.6 Å². The molecule has 0 aliphatic rings. The van der Waals surface area contributed by atoms with Crippen molar-refractivity contribution in [1.29, 1.82) is 0 Å². The number of pyridine rings is 1. The summed E-state index contributed by atoms with van der Waals surface area (Å²) in [5.41, 5.74) is 4.37. The lowest BCUT2D eigenvalue weighted by Crippen LogP contribution is -2.23.